The van der Waals surface area contributed by atoms with Gasteiger partial charge in [-0.25, -0.2) is 0 Å². The van der Waals surface area contributed by atoms with Crippen molar-refractivity contribution in [2.45, 2.75) is 6.54 Å². The van der Waals surface area contributed by atoms with E-state index in [2.05, 4.69) is 10.2 Å². The van der Waals surface area contributed by atoms with Crippen molar-refractivity contribution in [2.24, 2.45) is 0 Å². The number of hydrogen-bond donors (Lipinski definition) is 0. The summed E-state index contributed by atoms with van der Waals surface area (Å²) in [6.45, 7) is 0.110. The van der Waals surface area contributed by atoms with Gasteiger partial charge in [-0.1, -0.05) is 35.6 Å². The van der Waals surface area contributed by atoms with Gasteiger partial charge in [-0.2, -0.15) is 0 Å². The van der Waals surface area contributed by atoms with Crippen molar-refractivity contribution in [1.82, 2.24) is 15.1 Å². The van der Waals surface area contributed by atoms with Gasteiger partial charge < -0.3 is 8.83 Å². The number of carbonyl (C=O) groups excluding carboxylic acids is 2. The lowest BCUT2D eigenvalue weighted by Gasteiger charge is -2.09. The van der Waals surface area contributed by atoms with Crippen LogP contribution in [0.25, 0.3) is 28.0 Å². The minimum Gasteiger partial charge on any atom is -0.467 e. The molecule has 5 rings (SSSR count). The molecule has 1 aliphatic heterocycles. The Morgan fingerprint density at radius 3 is 2.60 bits per heavy atom. The second-order valence-electron chi connectivity index (χ2n) is 6.37. The number of carbonyl (C=O) groups is 2. The zero-order chi connectivity index (χ0) is 20.5. The summed E-state index contributed by atoms with van der Waals surface area (Å²) in [4.78, 5) is 26.3. The van der Waals surface area contributed by atoms with E-state index in [4.69, 9.17) is 8.83 Å². The fourth-order valence-electron chi connectivity index (χ4n) is 2.99. The quantitative estimate of drug-likeness (QED) is 0.393. The van der Waals surface area contributed by atoms with E-state index in [1.54, 1.807) is 29.8 Å². The molecule has 0 unspecified atom stereocenters. The standard InChI is InChI=1S/C21H13N3O4S2/c25-20-18(30-21(26)24(20)11-16-2-1-9-27-16)10-15-7-8-17(28-15)13-3-5-14(6-4-13)19-23-22-12-29-19/h1-10,12H,11H2. The molecule has 1 aromatic carbocycles. The Hall–Kier alpha value is -3.43. The van der Waals surface area contributed by atoms with Crippen molar-refractivity contribution in [3.63, 3.8) is 0 Å². The Morgan fingerprint density at radius 2 is 1.87 bits per heavy atom. The predicted octanol–water partition coefficient (Wildman–Crippen LogP) is 5.29. The average molecular weight is 435 g/mol. The molecule has 3 aromatic heterocycles. The highest BCUT2D eigenvalue weighted by Gasteiger charge is 2.35. The molecular weight excluding hydrogens is 422 g/mol. The number of furan rings is 2. The van der Waals surface area contributed by atoms with Crippen molar-refractivity contribution in [1.29, 1.82) is 0 Å². The molecule has 1 aliphatic rings. The van der Waals surface area contributed by atoms with Crippen molar-refractivity contribution in [3.8, 4) is 21.9 Å². The lowest BCUT2D eigenvalue weighted by atomic mass is 10.1. The zero-order valence-corrected chi connectivity index (χ0v) is 17.0. The van der Waals surface area contributed by atoms with Crippen LogP contribution in [-0.2, 0) is 11.3 Å². The first-order valence-electron chi connectivity index (χ1n) is 8.92. The molecule has 1 saturated heterocycles. The first-order chi connectivity index (χ1) is 14.7. The molecule has 9 heteroatoms. The van der Waals surface area contributed by atoms with E-state index < -0.39 is 0 Å². The molecule has 4 aromatic rings. The van der Waals surface area contributed by atoms with Crippen LogP contribution < -0.4 is 0 Å². The molecule has 2 amide bonds. The van der Waals surface area contributed by atoms with Gasteiger partial charge in [0.15, 0.2) is 0 Å². The Morgan fingerprint density at radius 1 is 1.03 bits per heavy atom. The van der Waals surface area contributed by atoms with Gasteiger partial charge in [-0.05, 0) is 36.0 Å². The van der Waals surface area contributed by atoms with Gasteiger partial charge in [-0.3, -0.25) is 14.5 Å². The fourth-order valence-corrected chi connectivity index (χ4v) is 4.36. The smallest absolute Gasteiger partial charge is 0.293 e. The number of nitrogens with zero attached hydrogens (tertiary/aromatic N) is 3. The Labute approximate surface area is 179 Å². The normalized spacial score (nSPS) is 15.5. The van der Waals surface area contributed by atoms with E-state index in [9.17, 15) is 9.59 Å². The van der Waals surface area contributed by atoms with E-state index in [0.29, 0.717) is 22.2 Å². The summed E-state index contributed by atoms with van der Waals surface area (Å²) in [6, 6.07) is 14.8. The van der Waals surface area contributed by atoms with Crippen LogP contribution in [0, 0.1) is 0 Å². The summed E-state index contributed by atoms with van der Waals surface area (Å²) in [5.41, 5.74) is 3.57. The maximum absolute atomic E-state index is 12.6. The molecular formula is C21H13N3O4S2. The zero-order valence-electron chi connectivity index (χ0n) is 15.3. The van der Waals surface area contributed by atoms with Crippen LogP contribution in [0.2, 0.25) is 0 Å². The third-order valence-electron chi connectivity index (χ3n) is 4.44. The number of benzene rings is 1. The first-order valence-corrected chi connectivity index (χ1v) is 10.6. The van der Waals surface area contributed by atoms with Gasteiger partial charge in [0.25, 0.3) is 11.1 Å². The molecule has 30 heavy (non-hydrogen) atoms. The van der Waals surface area contributed by atoms with E-state index >= 15 is 0 Å². The molecule has 7 nitrogen and oxygen atoms in total. The van der Waals surface area contributed by atoms with Crippen molar-refractivity contribution in [3.05, 3.63) is 76.7 Å². The van der Waals surface area contributed by atoms with Gasteiger partial charge in [0.2, 0.25) is 0 Å². The number of hydrogen-bond acceptors (Lipinski definition) is 8. The SMILES string of the molecule is O=C1SC(=Cc2ccc(-c3ccc(-c4nncs4)cc3)o2)C(=O)N1Cc1ccco1. The highest BCUT2D eigenvalue weighted by molar-refractivity contribution is 8.18. The van der Waals surface area contributed by atoms with Gasteiger partial charge >= 0.3 is 0 Å². The third-order valence-corrected chi connectivity index (χ3v) is 6.09. The number of rotatable bonds is 5. The van der Waals surface area contributed by atoms with Gasteiger partial charge in [0.1, 0.15) is 27.8 Å². The molecule has 148 valence electrons. The highest BCUT2D eigenvalue weighted by atomic mass is 32.2. The molecule has 4 heterocycles. The Kier molecular flexibility index (Phi) is 4.82. The number of thioether (sulfide) groups is 1. The summed E-state index contributed by atoms with van der Waals surface area (Å²) in [7, 11) is 0. The Bertz CT molecular complexity index is 1230. The maximum atomic E-state index is 12.6. The van der Waals surface area contributed by atoms with Crippen LogP contribution in [-0.4, -0.2) is 26.2 Å². The molecule has 0 aliphatic carbocycles. The summed E-state index contributed by atoms with van der Waals surface area (Å²) >= 11 is 2.37. The molecule has 0 atom stereocenters. The number of imide groups is 1. The van der Waals surface area contributed by atoms with E-state index in [0.717, 1.165) is 32.8 Å². The van der Waals surface area contributed by atoms with E-state index in [-0.39, 0.29) is 17.7 Å². The van der Waals surface area contributed by atoms with Crippen LogP contribution in [0.3, 0.4) is 0 Å². The first kappa shape index (κ1) is 18.6. The largest absolute Gasteiger partial charge is 0.467 e. The van der Waals surface area contributed by atoms with E-state index in [1.807, 2.05) is 30.3 Å². The molecule has 0 radical (unpaired) electrons. The van der Waals surface area contributed by atoms with Gasteiger partial charge in [0, 0.05) is 17.2 Å². The summed E-state index contributed by atoms with van der Waals surface area (Å²) in [5, 5.41) is 8.43. The monoisotopic (exact) mass is 435 g/mol. The predicted molar refractivity (Wildman–Crippen MR) is 113 cm³/mol. The van der Waals surface area contributed by atoms with Gasteiger partial charge in [-0.15, -0.1) is 10.2 Å². The summed E-state index contributed by atoms with van der Waals surface area (Å²) in [6.07, 6.45) is 3.10. The average Bonchev–Trinajstić information content (AvgIpc) is 3.56. The number of aromatic nitrogens is 2. The van der Waals surface area contributed by atoms with Crippen LogP contribution in [0.4, 0.5) is 4.79 Å². The van der Waals surface area contributed by atoms with Crippen LogP contribution in [0.15, 0.2) is 74.0 Å². The third kappa shape index (κ3) is 3.60. The van der Waals surface area contributed by atoms with Crippen LogP contribution >= 0.6 is 23.1 Å². The lowest BCUT2D eigenvalue weighted by Crippen LogP contribution is -2.27. The fraction of sp³-hybridized carbons (Fsp3) is 0.0476. The summed E-state index contributed by atoms with van der Waals surface area (Å²) < 4.78 is 11.1. The summed E-state index contributed by atoms with van der Waals surface area (Å²) in [5.74, 6) is 1.36. The van der Waals surface area contributed by atoms with Crippen molar-refractivity contribution < 1.29 is 18.4 Å². The highest BCUT2D eigenvalue weighted by Crippen LogP contribution is 2.34. The second kappa shape index (κ2) is 7.77. The lowest BCUT2D eigenvalue weighted by molar-refractivity contribution is -0.123. The maximum Gasteiger partial charge on any atom is 0.293 e. The second-order valence-corrected chi connectivity index (χ2v) is 8.20. The number of amides is 2. The minimum absolute atomic E-state index is 0.110. The molecule has 1 fully saturated rings. The molecule has 0 spiro atoms. The Balaban J connectivity index is 1.33. The van der Waals surface area contributed by atoms with E-state index in [1.165, 1.54) is 17.6 Å². The van der Waals surface area contributed by atoms with Crippen molar-refractivity contribution >= 4 is 40.3 Å². The van der Waals surface area contributed by atoms with Crippen molar-refractivity contribution in [2.75, 3.05) is 0 Å². The minimum atomic E-state index is -0.360. The topological polar surface area (TPSA) is 89.4 Å². The molecule has 0 bridgehead atoms. The molecule has 0 saturated carbocycles. The van der Waals surface area contributed by atoms with Gasteiger partial charge in [0.05, 0.1) is 17.7 Å². The molecule has 0 N–H and O–H groups in total. The van der Waals surface area contributed by atoms with Crippen LogP contribution in [0.5, 0.6) is 0 Å². The van der Waals surface area contributed by atoms with Crippen LogP contribution in [0.1, 0.15) is 11.5 Å².